The van der Waals surface area contributed by atoms with Crippen LogP contribution in [0.25, 0.3) is 0 Å². The van der Waals surface area contributed by atoms with Gasteiger partial charge in [0.25, 0.3) is 15.7 Å². The molecule has 0 spiro atoms. The molecule has 0 bridgehead atoms. The Labute approximate surface area is 169 Å². The minimum atomic E-state index is -4.10. The third-order valence-corrected chi connectivity index (χ3v) is 6.24. The molecule has 0 aliphatic carbocycles. The van der Waals surface area contributed by atoms with Crippen LogP contribution in [0.5, 0.6) is 5.75 Å². The molecular weight excluding hydrogens is 392 g/mol. The number of nitro groups is 1. The lowest BCUT2D eigenvalue weighted by Gasteiger charge is -2.23. The summed E-state index contributed by atoms with van der Waals surface area (Å²) < 4.78 is 33.0. The highest BCUT2D eigenvalue weighted by Crippen LogP contribution is 2.30. The molecule has 7 nitrogen and oxygen atoms in total. The molecule has 3 aromatic carbocycles. The van der Waals surface area contributed by atoms with E-state index in [0.29, 0.717) is 18.0 Å². The van der Waals surface area contributed by atoms with Gasteiger partial charge in [0.2, 0.25) is 0 Å². The van der Waals surface area contributed by atoms with Crippen LogP contribution >= 0.6 is 0 Å². The van der Waals surface area contributed by atoms with E-state index in [9.17, 15) is 18.5 Å². The molecule has 0 N–H and O–H groups in total. The lowest BCUT2D eigenvalue weighted by atomic mass is 10.2. The average Bonchev–Trinajstić information content (AvgIpc) is 2.74. The van der Waals surface area contributed by atoms with E-state index in [1.165, 1.54) is 24.3 Å². The van der Waals surface area contributed by atoms with Crippen molar-refractivity contribution in [2.45, 2.75) is 18.4 Å². The van der Waals surface area contributed by atoms with Gasteiger partial charge >= 0.3 is 0 Å². The van der Waals surface area contributed by atoms with E-state index in [0.717, 1.165) is 9.87 Å². The Morgan fingerprint density at radius 1 is 0.931 bits per heavy atom. The van der Waals surface area contributed by atoms with Gasteiger partial charge in [0.05, 0.1) is 10.6 Å². The monoisotopic (exact) mass is 412 g/mol. The molecule has 8 heteroatoms. The summed E-state index contributed by atoms with van der Waals surface area (Å²) in [7, 11) is -4.10. The number of nitrogens with zero attached hydrogens (tertiary/aromatic N) is 2. The first-order valence-corrected chi connectivity index (χ1v) is 10.4. The predicted molar refractivity (Wildman–Crippen MR) is 111 cm³/mol. The quantitative estimate of drug-likeness (QED) is 0.404. The third kappa shape index (κ3) is 4.55. The number of sulfonamides is 1. The fourth-order valence-electron chi connectivity index (χ4n) is 2.89. The number of nitro benzene ring substituents is 1. The fourth-order valence-corrected chi connectivity index (χ4v) is 4.52. The summed E-state index contributed by atoms with van der Waals surface area (Å²) in [6, 6.07) is 21.6. The smallest absolute Gasteiger partial charge is 0.289 e. The predicted octanol–water partition coefficient (Wildman–Crippen LogP) is 4.39. The molecule has 150 valence electrons. The van der Waals surface area contributed by atoms with Gasteiger partial charge in [-0.15, -0.1) is 0 Å². The molecule has 3 rings (SSSR count). The van der Waals surface area contributed by atoms with Crippen molar-refractivity contribution >= 4 is 21.4 Å². The lowest BCUT2D eigenvalue weighted by molar-refractivity contribution is -0.387. The van der Waals surface area contributed by atoms with Crippen LogP contribution in [0, 0.1) is 10.1 Å². The number of ether oxygens (including phenoxy) is 1. The zero-order valence-electron chi connectivity index (χ0n) is 15.8. The van der Waals surface area contributed by atoms with Gasteiger partial charge in [-0.25, -0.2) is 8.42 Å². The largest absolute Gasteiger partial charge is 0.489 e. The number of benzene rings is 3. The molecule has 0 saturated heterocycles. The molecule has 0 unspecified atom stereocenters. The molecule has 3 aromatic rings. The van der Waals surface area contributed by atoms with E-state index in [4.69, 9.17) is 4.74 Å². The Kier molecular flexibility index (Phi) is 6.13. The molecule has 0 saturated carbocycles. The standard InChI is InChI=1S/C21H20N2O5S/c1-2-22(29(26,27)21-11-7-6-10-20(21)23(24)25)18-12-14-19(15-13-18)28-16-17-8-4-3-5-9-17/h3-15H,2,16H2,1H3. The molecule has 0 atom stereocenters. The van der Waals surface area contributed by atoms with Gasteiger partial charge in [0.1, 0.15) is 12.4 Å². The summed E-state index contributed by atoms with van der Waals surface area (Å²) in [6.45, 7) is 2.19. The van der Waals surface area contributed by atoms with Crippen molar-refractivity contribution in [3.05, 3.63) is 94.5 Å². The summed E-state index contributed by atoms with van der Waals surface area (Å²) in [6.07, 6.45) is 0. The van der Waals surface area contributed by atoms with Crippen LogP contribution < -0.4 is 9.04 Å². The van der Waals surface area contributed by atoms with Gasteiger partial charge in [0.15, 0.2) is 4.90 Å². The molecule has 29 heavy (non-hydrogen) atoms. The van der Waals surface area contributed by atoms with Crippen molar-refractivity contribution < 1.29 is 18.1 Å². The minimum absolute atomic E-state index is 0.124. The first kappa shape index (κ1) is 20.3. The number of hydrogen-bond donors (Lipinski definition) is 0. The first-order valence-electron chi connectivity index (χ1n) is 8.96. The number of rotatable bonds is 8. The van der Waals surface area contributed by atoms with Crippen LogP contribution in [0.2, 0.25) is 0 Å². The van der Waals surface area contributed by atoms with Crippen LogP contribution in [-0.4, -0.2) is 19.9 Å². The normalized spacial score (nSPS) is 11.1. The summed E-state index contributed by atoms with van der Waals surface area (Å²) >= 11 is 0. The molecule has 0 amide bonds. The highest BCUT2D eigenvalue weighted by atomic mass is 32.2. The van der Waals surface area contributed by atoms with Gasteiger partial charge in [-0.3, -0.25) is 14.4 Å². The van der Waals surface area contributed by atoms with E-state index >= 15 is 0 Å². The third-order valence-electron chi connectivity index (χ3n) is 4.29. The highest BCUT2D eigenvalue weighted by Gasteiger charge is 2.30. The van der Waals surface area contributed by atoms with E-state index in [1.54, 1.807) is 31.2 Å². The molecule has 0 heterocycles. The van der Waals surface area contributed by atoms with Crippen molar-refractivity contribution in [1.82, 2.24) is 0 Å². The van der Waals surface area contributed by atoms with Gasteiger partial charge in [-0.1, -0.05) is 42.5 Å². The van der Waals surface area contributed by atoms with Crippen LogP contribution in [0.3, 0.4) is 0 Å². The number of hydrogen-bond acceptors (Lipinski definition) is 5. The number of para-hydroxylation sites is 1. The second-order valence-electron chi connectivity index (χ2n) is 6.16. The average molecular weight is 412 g/mol. The Balaban J connectivity index is 1.83. The van der Waals surface area contributed by atoms with Crippen molar-refractivity contribution in [2.75, 3.05) is 10.8 Å². The van der Waals surface area contributed by atoms with Crippen LogP contribution in [0.1, 0.15) is 12.5 Å². The topological polar surface area (TPSA) is 89.8 Å². The van der Waals surface area contributed by atoms with Gasteiger partial charge in [-0.2, -0.15) is 0 Å². The maximum Gasteiger partial charge on any atom is 0.289 e. The summed E-state index contributed by atoms with van der Waals surface area (Å²) in [5.41, 5.74) is 0.970. The first-order chi connectivity index (χ1) is 13.9. The Morgan fingerprint density at radius 2 is 1.55 bits per heavy atom. The zero-order valence-corrected chi connectivity index (χ0v) is 16.6. The van der Waals surface area contributed by atoms with Gasteiger partial charge in [-0.05, 0) is 42.8 Å². The molecule has 0 radical (unpaired) electrons. The molecular formula is C21H20N2O5S. The summed E-state index contributed by atoms with van der Waals surface area (Å²) in [5, 5.41) is 11.3. The van der Waals surface area contributed by atoms with E-state index in [1.807, 2.05) is 30.3 Å². The molecule has 0 aliphatic rings. The number of anilines is 1. The fraction of sp³-hybridized carbons (Fsp3) is 0.143. The van der Waals surface area contributed by atoms with Crippen molar-refractivity contribution in [3.63, 3.8) is 0 Å². The summed E-state index contributed by atoms with van der Waals surface area (Å²) in [5.74, 6) is 0.594. The zero-order chi connectivity index (χ0) is 20.9. The van der Waals surface area contributed by atoms with E-state index in [-0.39, 0.29) is 11.4 Å². The van der Waals surface area contributed by atoms with E-state index in [2.05, 4.69) is 0 Å². The van der Waals surface area contributed by atoms with Gasteiger partial charge in [0, 0.05) is 12.6 Å². The Morgan fingerprint density at radius 3 is 2.17 bits per heavy atom. The van der Waals surface area contributed by atoms with Gasteiger partial charge < -0.3 is 4.74 Å². The maximum atomic E-state index is 13.1. The Bertz CT molecular complexity index is 1080. The van der Waals surface area contributed by atoms with Crippen LogP contribution in [0.4, 0.5) is 11.4 Å². The van der Waals surface area contributed by atoms with E-state index < -0.39 is 20.6 Å². The van der Waals surface area contributed by atoms with Crippen LogP contribution in [0.15, 0.2) is 83.8 Å². The second-order valence-corrected chi connectivity index (χ2v) is 7.99. The van der Waals surface area contributed by atoms with Crippen molar-refractivity contribution in [1.29, 1.82) is 0 Å². The molecule has 0 aliphatic heterocycles. The lowest BCUT2D eigenvalue weighted by Crippen LogP contribution is -2.31. The highest BCUT2D eigenvalue weighted by molar-refractivity contribution is 7.93. The molecule has 0 fully saturated rings. The minimum Gasteiger partial charge on any atom is -0.489 e. The van der Waals surface area contributed by atoms with Crippen molar-refractivity contribution in [3.8, 4) is 5.75 Å². The Hall–Kier alpha value is -3.39. The molecule has 0 aromatic heterocycles. The SMILES string of the molecule is CCN(c1ccc(OCc2ccccc2)cc1)S(=O)(=O)c1ccccc1[N+](=O)[O-]. The van der Waals surface area contributed by atoms with Crippen molar-refractivity contribution in [2.24, 2.45) is 0 Å². The maximum absolute atomic E-state index is 13.1. The second kappa shape index (κ2) is 8.74. The summed E-state index contributed by atoms with van der Waals surface area (Å²) in [4.78, 5) is 10.2. The van der Waals surface area contributed by atoms with Crippen LogP contribution in [-0.2, 0) is 16.6 Å².